The number of pyridine rings is 1. The van der Waals surface area contributed by atoms with Crippen LogP contribution >= 0.6 is 11.8 Å². The number of fused-ring (bicyclic) bond motifs is 1. The van der Waals surface area contributed by atoms with Gasteiger partial charge in [-0.3, -0.25) is 14.6 Å². The molecule has 0 aliphatic carbocycles. The van der Waals surface area contributed by atoms with Crippen LogP contribution < -0.4 is 10.6 Å². The SMILES string of the molecule is O=C(CC1Sc2ccccc2NC1=O)NCCc1ccccn1. The molecule has 0 saturated heterocycles. The molecule has 118 valence electrons. The van der Waals surface area contributed by atoms with Gasteiger partial charge in [-0.25, -0.2) is 0 Å². The number of rotatable bonds is 5. The number of para-hydroxylation sites is 1. The van der Waals surface area contributed by atoms with E-state index in [1.807, 2.05) is 42.5 Å². The average molecular weight is 327 g/mol. The number of aromatic nitrogens is 1. The number of hydrogen-bond donors (Lipinski definition) is 2. The third-order valence-electron chi connectivity index (χ3n) is 3.51. The summed E-state index contributed by atoms with van der Waals surface area (Å²) in [6, 6.07) is 13.3. The molecule has 1 unspecified atom stereocenters. The highest BCUT2D eigenvalue weighted by atomic mass is 32.2. The van der Waals surface area contributed by atoms with Crippen molar-refractivity contribution >= 4 is 29.3 Å². The molecule has 0 fully saturated rings. The molecule has 1 aromatic heterocycles. The van der Waals surface area contributed by atoms with Gasteiger partial charge in [0.15, 0.2) is 0 Å². The number of nitrogens with one attached hydrogen (secondary N) is 2. The number of amides is 2. The Morgan fingerprint density at radius 3 is 2.87 bits per heavy atom. The number of carbonyl (C=O) groups is 2. The minimum atomic E-state index is -0.389. The Balaban J connectivity index is 1.49. The van der Waals surface area contributed by atoms with Crippen molar-refractivity contribution in [1.82, 2.24) is 10.3 Å². The quantitative estimate of drug-likeness (QED) is 0.883. The van der Waals surface area contributed by atoms with E-state index in [1.54, 1.807) is 6.20 Å². The molecular formula is C17H17N3O2S. The maximum absolute atomic E-state index is 12.1. The van der Waals surface area contributed by atoms with E-state index in [9.17, 15) is 9.59 Å². The molecule has 2 aromatic rings. The molecule has 1 aliphatic rings. The zero-order valence-electron chi connectivity index (χ0n) is 12.5. The van der Waals surface area contributed by atoms with Crippen LogP contribution in [0.5, 0.6) is 0 Å². The van der Waals surface area contributed by atoms with E-state index < -0.39 is 0 Å². The summed E-state index contributed by atoms with van der Waals surface area (Å²) < 4.78 is 0. The van der Waals surface area contributed by atoms with Crippen LogP contribution in [0.4, 0.5) is 5.69 Å². The molecule has 6 heteroatoms. The molecule has 0 spiro atoms. The molecule has 0 bridgehead atoms. The van der Waals surface area contributed by atoms with Crippen molar-refractivity contribution in [3.63, 3.8) is 0 Å². The van der Waals surface area contributed by atoms with Gasteiger partial charge in [0.2, 0.25) is 11.8 Å². The molecule has 1 aromatic carbocycles. The zero-order valence-corrected chi connectivity index (χ0v) is 13.3. The largest absolute Gasteiger partial charge is 0.356 e. The molecule has 0 saturated carbocycles. The predicted molar refractivity (Wildman–Crippen MR) is 90.3 cm³/mol. The van der Waals surface area contributed by atoms with Gasteiger partial charge in [-0.1, -0.05) is 18.2 Å². The van der Waals surface area contributed by atoms with Crippen LogP contribution in [0.1, 0.15) is 12.1 Å². The lowest BCUT2D eigenvalue weighted by molar-refractivity contribution is -0.124. The standard InChI is InChI=1S/C17H17N3O2S/c21-16(19-10-8-12-5-3-4-9-18-12)11-15-17(22)20-13-6-1-2-7-14(13)23-15/h1-7,9,15H,8,10-11H2,(H,19,21)(H,20,22). The lowest BCUT2D eigenvalue weighted by Gasteiger charge is -2.23. The van der Waals surface area contributed by atoms with E-state index in [-0.39, 0.29) is 23.5 Å². The van der Waals surface area contributed by atoms with Crippen LogP contribution in [0.25, 0.3) is 0 Å². The first-order valence-corrected chi connectivity index (χ1v) is 8.33. The van der Waals surface area contributed by atoms with Gasteiger partial charge in [0.25, 0.3) is 0 Å². The Morgan fingerprint density at radius 2 is 2.04 bits per heavy atom. The molecule has 1 atom stereocenters. The summed E-state index contributed by atoms with van der Waals surface area (Å²) in [4.78, 5) is 29.3. The summed E-state index contributed by atoms with van der Waals surface area (Å²) >= 11 is 1.44. The Labute approximate surface area is 138 Å². The van der Waals surface area contributed by atoms with E-state index in [0.717, 1.165) is 16.3 Å². The van der Waals surface area contributed by atoms with Crippen molar-refractivity contribution in [3.05, 3.63) is 54.4 Å². The molecule has 1 aliphatic heterocycles. The highest BCUT2D eigenvalue weighted by molar-refractivity contribution is 8.01. The molecule has 3 rings (SSSR count). The fourth-order valence-electron chi connectivity index (χ4n) is 2.34. The molecule has 0 radical (unpaired) electrons. The molecular weight excluding hydrogens is 310 g/mol. The smallest absolute Gasteiger partial charge is 0.238 e. The number of anilines is 1. The first kappa shape index (κ1) is 15.6. The maximum atomic E-state index is 12.1. The van der Waals surface area contributed by atoms with Gasteiger partial charge >= 0.3 is 0 Å². The Kier molecular flexibility index (Phi) is 4.92. The number of hydrogen-bond acceptors (Lipinski definition) is 4. The summed E-state index contributed by atoms with van der Waals surface area (Å²) in [5.74, 6) is -0.235. The lowest BCUT2D eigenvalue weighted by Crippen LogP contribution is -2.35. The summed E-state index contributed by atoms with van der Waals surface area (Å²) in [6.07, 6.45) is 2.59. The second-order valence-electron chi connectivity index (χ2n) is 5.22. The summed E-state index contributed by atoms with van der Waals surface area (Å²) in [5, 5.41) is 5.31. The van der Waals surface area contributed by atoms with Crippen LogP contribution in [-0.2, 0) is 16.0 Å². The van der Waals surface area contributed by atoms with Gasteiger partial charge in [0.05, 0.1) is 10.9 Å². The van der Waals surface area contributed by atoms with Crippen LogP contribution in [0.2, 0.25) is 0 Å². The monoisotopic (exact) mass is 327 g/mol. The number of benzene rings is 1. The van der Waals surface area contributed by atoms with Gasteiger partial charge in [-0.2, -0.15) is 0 Å². The van der Waals surface area contributed by atoms with Gasteiger partial charge in [0.1, 0.15) is 0 Å². The van der Waals surface area contributed by atoms with Crippen molar-refractivity contribution in [2.45, 2.75) is 23.0 Å². The third kappa shape index (κ3) is 4.10. The zero-order chi connectivity index (χ0) is 16.1. The molecule has 2 heterocycles. The van der Waals surface area contributed by atoms with E-state index in [1.165, 1.54) is 11.8 Å². The van der Waals surface area contributed by atoms with Gasteiger partial charge in [-0.05, 0) is 24.3 Å². The van der Waals surface area contributed by atoms with E-state index in [2.05, 4.69) is 15.6 Å². The van der Waals surface area contributed by atoms with Crippen LogP contribution in [-0.4, -0.2) is 28.6 Å². The normalized spacial score (nSPS) is 16.3. The number of nitrogens with zero attached hydrogens (tertiary/aromatic N) is 1. The van der Waals surface area contributed by atoms with Gasteiger partial charge in [-0.15, -0.1) is 11.8 Å². The summed E-state index contributed by atoms with van der Waals surface area (Å²) in [5.41, 5.74) is 1.75. The molecule has 23 heavy (non-hydrogen) atoms. The summed E-state index contributed by atoms with van der Waals surface area (Å²) in [6.45, 7) is 0.519. The van der Waals surface area contributed by atoms with Crippen molar-refractivity contribution in [3.8, 4) is 0 Å². The Bertz CT molecular complexity index is 706. The van der Waals surface area contributed by atoms with Gasteiger partial charge < -0.3 is 10.6 Å². The highest BCUT2D eigenvalue weighted by Gasteiger charge is 2.28. The first-order chi connectivity index (χ1) is 11.2. The van der Waals surface area contributed by atoms with Crippen molar-refractivity contribution in [1.29, 1.82) is 0 Å². The maximum Gasteiger partial charge on any atom is 0.238 e. The second-order valence-corrected chi connectivity index (χ2v) is 6.46. The number of thioether (sulfide) groups is 1. The topological polar surface area (TPSA) is 71.1 Å². The van der Waals surface area contributed by atoms with E-state index in [4.69, 9.17) is 0 Å². The van der Waals surface area contributed by atoms with Crippen molar-refractivity contribution < 1.29 is 9.59 Å². The number of carbonyl (C=O) groups excluding carboxylic acids is 2. The minimum absolute atomic E-state index is 0.117. The minimum Gasteiger partial charge on any atom is -0.356 e. The fraction of sp³-hybridized carbons (Fsp3) is 0.235. The highest BCUT2D eigenvalue weighted by Crippen LogP contribution is 2.36. The molecule has 2 amide bonds. The molecule has 2 N–H and O–H groups in total. The van der Waals surface area contributed by atoms with Gasteiger partial charge in [0, 0.05) is 36.2 Å². The third-order valence-corrected chi connectivity index (χ3v) is 4.78. The second kappa shape index (κ2) is 7.28. The summed E-state index contributed by atoms with van der Waals surface area (Å²) in [7, 11) is 0. The van der Waals surface area contributed by atoms with Crippen LogP contribution in [0.3, 0.4) is 0 Å². The van der Waals surface area contributed by atoms with Crippen LogP contribution in [0.15, 0.2) is 53.6 Å². The predicted octanol–water partition coefficient (Wildman–Crippen LogP) is 2.24. The van der Waals surface area contributed by atoms with Crippen molar-refractivity contribution in [2.24, 2.45) is 0 Å². The first-order valence-electron chi connectivity index (χ1n) is 7.45. The van der Waals surface area contributed by atoms with Crippen LogP contribution in [0, 0.1) is 0 Å². The Morgan fingerprint density at radius 1 is 1.22 bits per heavy atom. The average Bonchev–Trinajstić information content (AvgIpc) is 2.56. The lowest BCUT2D eigenvalue weighted by atomic mass is 10.2. The van der Waals surface area contributed by atoms with E-state index >= 15 is 0 Å². The Hall–Kier alpha value is -2.34. The van der Waals surface area contributed by atoms with Crippen molar-refractivity contribution in [2.75, 3.05) is 11.9 Å². The van der Waals surface area contributed by atoms with E-state index in [0.29, 0.717) is 13.0 Å². The molecule has 5 nitrogen and oxygen atoms in total. The fourth-order valence-corrected chi connectivity index (χ4v) is 3.45.